The molecule has 0 aliphatic rings. The Kier molecular flexibility index (Phi) is 4.18. The van der Waals surface area contributed by atoms with Gasteiger partial charge in [0.2, 0.25) is 0 Å². The van der Waals surface area contributed by atoms with E-state index in [2.05, 4.69) is 5.32 Å². The monoisotopic (exact) mass is 272 g/mol. The van der Waals surface area contributed by atoms with Crippen molar-refractivity contribution in [1.82, 2.24) is 0 Å². The van der Waals surface area contributed by atoms with E-state index in [-0.39, 0.29) is 23.0 Å². The average molecular weight is 272 g/mol. The van der Waals surface area contributed by atoms with Gasteiger partial charge in [0.05, 0.1) is 11.3 Å². The molecule has 0 saturated carbocycles. The second kappa shape index (κ2) is 5.26. The predicted molar refractivity (Wildman–Crippen MR) is 70.6 cm³/mol. The molecule has 0 saturated heterocycles. The number of carbonyl (C=O) groups is 1. The third-order valence-corrected chi connectivity index (χ3v) is 3.36. The van der Waals surface area contributed by atoms with Gasteiger partial charge < -0.3 is 16.2 Å². The molecule has 18 heavy (non-hydrogen) atoms. The summed E-state index contributed by atoms with van der Waals surface area (Å²) in [7, 11) is -3.08. The summed E-state index contributed by atoms with van der Waals surface area (Å²) in [6.07, 6.45) is 1.15. The van der Waals surface area contributed by atoms with Crippen LogP contribution in [0.2, 0.25) is 0 Å². The van der Waals surface area contributed by atoms with E-state index in [9.17, 15) is 13.2 Å². The second-order valence-electron chi connectivity index (χ2n) is 4.24. The van der Waals surface area contributed by atoms with Crippen molar-refractivity contribution in [2.24, 2.45) is 0 Å². The zero-order valence-electron chi connectivity index (χ0n) is 10.2. The summed E-state index contributed by atoms with van der Waals surface area (Å²) in [6.45, 7) is 1.71. The van der Waals surface area contributed by atoms with E-state index in [1.807, 2.05) is 0 Å². The van der Waals surface area contributed by atoms with E-state index in [1.54, 1.807) is 13.0 Å². The van der Waals surface area contributed by atoms with Crippen LogP contribution in [0.1, 0.15) is 17.3 Å². The second-order valence-corrected chi connectivity index (χ2v) is 6.43. The van der Waals surface area contributed by atoms with E-state index < -0.39 is 15.8 Å². The number of rotatable bonds is 5. The summed E-state index contributed by atoms with van der Waals surface area (Å²) >= 11 is 0. The maximum Gasteiger partial charge on any atom is 0.337 e. The fourth-order valence-corrected chi connectivity index (χ4v) is 2.60. The Labute approximate surface area is 106 Å². The van der Waals surface area contributed by atoms with Crippen molar-refractivity contribution in [3.8, 4) is 0 Å². The number of aromatic carboxylic acids is 1. The highest BCUT2D eigenvalue weighted by Gasteiger charge is 2.12. The maximum absolute atomic E-state index is 11.1. The summed E-state index contributed by atoms with van der Waals surface area (Å²) in [5, 5.41) is 11.8. The Morgan fingerprint density at radius 1 is 1.50 bits per heavy atom. The van der Waals surface area contributed by atoms with Crippen LogP contribution in [0.25, 0.3) is 0 Å². The lowest BCUT2D eigenvalue weighted by Crippen LogP contribution is -2.25. The summed E-state index contributed by atoms with van der Waals surface area (Å²) in [5.41, 5.74) is 6.21. The smallest absolute Gasteiger partial charge is 0.337 e. The van der Waals surface area contributed by atoms with Gasteiger partial charge in [0, 0.05) is 23.7 Å². The Hall–Kier alpha value is -1.76. The Morgan fingerprint density at radius 2 is 2.11 bits per heavy atom. The molecule has 1 aromatic rings. The molecule has 1 unspecified atom stereocenters. The van der Waals surface area contributed by atoms with Crippen molar-refractivity contribution < 1.29 is 18.3 Å². The Bertz CT molecular complexity index is 554. The number of hydrogen-bond acceptors (Lipinski definition) is 5. The number of sulfone groups is 1. The van der Waals surface area contributed by atoms with Gasteiger partial charge in [0.25, 0.3) is 0 Å². The van der Waals surface area contributed by atoms with Crippen molar-refractivity contribution in [2.75, 3.05) is 23.1 Å². The number of carboxylic acids is 1. The molecular formula is C11H16N2O4S. The topological polar surface area (TPSA) is 109 Å². The molecule has 6 nitrogen and oxygen atoms in total. The van der Waals surface area contributed by atoms with Gasteiger partial charge in [-0.2, -0.15) is 0 Å². The van der Waals surface area contributed by atoms with E-state index in [0.29, 0.717) is 5.69 Å². The highest BCUT2D eigenvalue weighted by molar-refractivity contribution is 7.90. The SMILES string of the molecule is CC(CS(C)(=O)=O)Nc1ccc(N)c(C(=O)O)c1. The highest BCUT2D eigenvalue weighted by Crippen LogP contribution is 2.18. The fourth-order valence-electron chi connectivity index (χ4n) is 1.61. The molecule has 0 amide bonds. The standard InChI is InChI=1S/C11H16N2O4S/c1-7(6-18(2,16)17)13-8-3-4-10(12)9(5-8)11(14)15/h3-5,7,13H,6,12H2,1-2H3,(H,14,15). The molecule has 0 radical (unpaired) electrons. The van der Waals surface area contributed by atoms with Crippen molar-refractivity contribution in [3.63, 3.8) is 0 Å². The number of benzene rings is 1. The normalized spacial score (nSPS) is 13.0. The number of anilines is 2. The molecule has 1 aromatic carbocycles. The first-order valence-electron chi connectivity index (χ1n) is 5.26. The predicted octanol–water partition coefficient (Wildman–Crippen LogP) is 0.812. The van der Waals surface area contributed by atoms with Crippen LogP contribution in [0.15, 0.2) is 18.2 Å². The molecule has 100 valence electrons. The minimum Gasteiger partial charge on any atom is -0.478 e. The van der Waals surface area contributed by atoms with Gasteiger partial charge in [-0.15, -0.1) is 0 Å². The highest BCUT2D eigenvalue weighted by atomic mass is 32.2. The number of hydrogen-bond donors (Lipinski definition) is 3. The summed E-state index contributed by atoms with van der Waals surface area (Å²) in [5.74, 6) is -1.15. The summed E-state index contributed by atoms with van der Waals surface area (Å²) in [6, 6.07) is 4.15. The first kappa shape index (κ1) is 14.3. The zero-order valence-corrected chi connectivity index (χ0v) is 11.0. The average Bonchev–Trinajstić information content (AvgIpc) is 2.17. The molecule has 0 heterocycles. The third kappa shape index (κ3) is 4.25. The molecule has 0 aliphatic carbocycles. The Balaban J connectivity index is 2.86. The molecule has 1 atom stereocenters. The molecule has 4 N–H and O–H groups in total. The number of nitrogens with one attached hydrogen (secondary N) is 1. The van der Waals surface area contributed by atoms with Gasteiger partial charge in [0.15, 0.2) is 0 Å². The van der Waals surface area contributed by atoms with Crippen molar-refractivity contribution in [2.45, 2.75) is 13.0 Å². The van der Waals surface area contributed by atoms with Gasteiger partial charge in [0.1, 0.15) is 9.84 Å². The lowest BCUT2D eigenvalue weighted by molar-refractivity contribution is 0.0698. The minimum atomic E-state index is -3.08. The van der Waals surface area contributed by atoms with E-state index in [4.69, 9.17) is 10.8 Å². The number of nitrogen functional groups attached to an aromatic ring is 1. The van der Waals surface area contributed by atoms with Crippen LogP contribution in [0.3, 0.4) is 0 Å². The van der Waals surface area contributed by atoms with Crippen LogP contribution in [0.5, 0.6) is 0 Å². The van der Waals surface area contributed by atoms with Crippen LogP contribution in [0.4, 0.5) is 11.4 Å². The van der Waals surface area contributed by atoms with Crippen molar-refractivity contribution in [3.05, 3.63) is 23.8 Å². The molecule has 0 fully saturated rings. The molecule has 0 aromatic heterocycles. The molecular weight excluding hydrogens is 256 g/mol. The van der Waals surface area contributed by atoms with E-state index in [0.717, 1.165) is 6.26 Å². The fraction of sp³-hybridized carbons (Fsp3) is 0.364. The van der Waals surface area contributed by atoms with Gasteiger partial charge in [-0.05, 0) is 25.1 Å². The largest absolute Gasteiger partial charge is 0.478 e. The molecule has 7 heteroatoms. The van der Waals surface area contributed by atoms with Crippen molar-refractivity contribution >= 4 is 27.2 Å². The van der Waals surface area contributed by atoms with Crippen LogP contribution < -0.4 is 11.1 Å². The maximum atomic E-state index is 11.1. The van der Waals surface area contributed by atoms with Crippen LogP contribution in [0, 0.1) is 0 Å². The quantitative estimate of drug-likeness (QED) is 0.684. The van der Waals surface area contributed by atoms with Crippen molar-refractivity contribution in [1.29, 1.82) is 0 Å². The van der Waals surface area contributed by atoms with Gasteiger partial charge in [-0.3, -0.25) is 0 Å². The van der Waals surface area contributed by atoms with Crippen LogP contribution in [-0.4, -0.2) is 37.5 Å². The third-order valence-electron chi connectivity index (χ3n) is 2.25. The lowest BCUT2D eigenvalue weighted by atomic mass is 10.1. The molecule has 0 spiro atoms. The summed E-state index contributed by atoms with van der Waals surface area (Å²) in [4.78, 5) is 10.9. The van der Waals surface area contributed by atoms with Crippen LogP contribution in [-0.2, 0) is 9.84 Å². The lowest BCUT2D eigenvalue weighted by Gasteiger charge is -2.15. The number of nitrogens with two attached hydrogens (primary N) is 1. The molecule has 0 bridgehead atoms. The molecule has 1 rings (SSSR count). The first-order chi connectivity index (χ1) is 8.19. The minimum absolute atomic E-state index is 0.00782. The summed E-state index contributed by atoms with van der Waals surface area (Å²) < 4.78 is 22.2. The van der Waals surface area contributed by atoms with Gasteiger partial charge >= 0.3 is 5.97 Å². The van der Waals surface area contributed by atoms with Gasteiger partial charge in [-0.25, -0.2) is 13.2 Å². The first-order valence-corrected chi connectivity index (χ1v) is 7.32. The number of carboxylic acid groups (broad SMARTS) is 1. The van der Waals surface area contributed by atoms with Crippen LogP contribution >= 0.6 is 0 Å². The van der Waals surface area contributed by atoms with E-state index >= 15 is 0 Å². The zero-order chi connectivity index (χ0) is 13.9. The van der Waals surface area contributed by atoms with Gasteiger partial charge in [-0.1, -0.05) is 0 Å². The Morgan fingerprint density at radius 3 is 2.61 bits per heavy atom. The molecule has 0 aliphatic heterocycles. The van der Waals surface area contributed by atoms with E-state index in [1.165, 1.54) is 12.1 Å².